The number of hydrogen-bond donors (Lipinski definition) is 0. The summed E-state index contributed by atoms with van der Waals surface area (Å²) in [4.78, 5) is 27.1. The molecule has 0 aliphatic carbocycles. The molecule has 2 heterocycles. The van der Waals surface area contributed by atoms with E-state index >= 15 is 0 Å². The smallest absolute Gasteiger partial charge is 0.310 e. The summed E-state index contributed by atoms with van der Waals surface area (Å²) in [6, 6.07) is 3.64. The molecule has 1 aliphatic rings. The summed E-state index contributed by atoms with van der Waals surface area (Å²) in [6.07, 6.45) is 2.34. The molecular formula is C14H20N2O4. The van der Waals surface area contributed by atoms with Gasteiger partial charge in [-0.3, -0.25) is 14.5 Å². The van der Waals surface area contributed by atoms with Gasteiger partial charge < -0.3 is 14.1 Å². The summed E-state index contributed by atoms with van der Waals surface area (Å²) < 4.78 is 9.95. The second-order valence-corrected chi connectivity index (χ2v) is 5.07. The van der Waals surface area contributed by atoms with E-state index < -0.39 is 0 Å². The minimum Gasteiger partial charge on any atom is -0.469 e. The Morgan fingerprint density at radius 1 is 1.55 bits per heavy atom. The molecule has 1 amide bonds. The normalized spacial score (nSPS) is 19.0. The third-order valence-corrected chi connectivity index (χ3v) is 3.56. The van der Waals surface area contributed by atoms with Gasteiger partial charge in [0.25, 0.3) is 0 Å². The zero-order valence-corrected chi connectivity index (χ0v) is 11.9. The number of carbonyl (C=O) groups is 2. The largest absolute Gasteiger partial charge is 0.469 e. The number of likely N-dealkylation sites (N-methyl/N-ethyl adjacent to an activating group) is 1. The van der Waals surface area contributed by atoms with Crippen LogP contribution >= 0.6 is 0 Å². The molecule has 2 rings (SSSR count). The van der Waals surface area contributed by atoms with Crippen LogP contribution in [0.25, 0.3) is 0 Å². The summed E-state index contributed by atoms with van der Waals surface area (Å²) in [5.41, 5.74) is 0. The highest BCUT2D eigenvalue weighted by atomic mass is 16.5. The van der Waals surface area contributed by atoms with Gasteiger partial charge in [0.2, 0.25) is 5.91 Å². The van der Waals surface area contributed by atoms with Crippen molar-refractivity contribution in [2.24, 2.45) is 5.92 Å². The molecule has 0 aromatic carbocycles. The monoisotopic (exact) mass is 280 g/mol. The fourth-order valence-electron chi connectivity index (χ4n) is 2.37. The molecule has 1 atom stereocenters. The second kappa shape index (κ2) is 6.56. The van der Waals surface area contributed by atoms with E-state index in [0.717, 1.165) is 18.7 Å². The molecule has 1 aromatic heterocycles. The first-order valence-electron chi connectivity index (χ1n) is 6.66. The minimum atomic E-state index is -0.191. The minimum absolute atomic E-state index is 0.0203. The van der Waals surface area contributed by atoms with Crippen molar-refractivity contribution >= 4 is 11.9 Å². The van der Waals surface area contributed by atoms with Gasteiger partial charge in [0.1, 0.15) is 5.76 Å². The van der Waals surface area contributed by atoms with E-state index in [1.165, 1.54) is 7.11 Å². The molecule has 0 N–H and O–H groups in total. The summed E-state index contributed by atoms with van der Waals surface area (Å²) >= 11 is 0. The van der Waals surface area contributed by atoms with Crippen molar-refractivity contribution < 1.29 is 18.7 Å². The van der Waals surface area contributed by atoms with Crippen LogP contribution in [0.1, 0.15) is 12.2 Å². The Bertz CT molecular complexity index is 458. The number of hydrogen-bond acceptors (Lipinski definition) is 5. The molecule has 0 saturated carbocycles. The summed E-state index contributed by atoms with van der Waals surface area (Å²) in [5, 5.41) is 0. The SMILES string of the molecule is COC(=O)C1CCN(CC(=O)N(C)Cc2ccco2)C1. The Kier molecular flexibility index (Phi) is 4.79. The first-order chi connectivity index (χ1) is 9.60. The third kappa shape index (κ3) is 3.60. The summed E-state index contributed by atoms with van der Waals surface area (Å²) in [6.45, 7) is 2.12. The highest BCUT2D eigenvalue weighted by molar-refractivity contribution is 5.78. The predicted octanol–water partition coefficient (Wildman–Crippen LogP) is 0.733. The molecule has 0 spiro atoms. The number of ether oxygens (including phenoxy) is 1. The van der Waals surface area contributed by atoms with Crippen molar-refractivity contribution in [1.29, 1.82) is 0 Å². The Hall–Kier alpha value is -1.82. The number of furan rings is 1. The summed E-state index contributed by atoms with van der Waals surface area (Å²) in [7, 11) is 3.14. The summed E-state index contributed by atoms with van der Waals surface area (Å²) in [5.74, 6) is 0.480. The predicted molar refractivity (Wildman–Crippen MR) is 71.7 cm³/mol. The molecule has 6 heteroatoms. The van der Waals surface area contributed by atoms with Gasteiger partial charge in [-0.25, -0.2) is 0 Å². The van der Waals surface area contributed by atoms with Gasteiger partial charge in [-0.1, -0.05) is 0 Å². The van der Waals surface area contributed by atoms with Crippen LogP contribution in [0.3, 0.4) is 0 Å². The van der Waals surface area contributed by atoms with E-state index in [1.54, 1.807) is 24.3 Å². The Morgan fingerprint density at radius 3 is 3.00 bits per heavy atom. The Labute approximate surface area is 118 Å². The number of esters is 1. The van der Waals surface area contributed by atoms with Crippen LogP contribution in [0.15, 0.2) is 22.8 Å². The average molecular weight is 280 g/mol. The van der Waals surface area contributed by atoms with Crippen LogP contribution in [0, 0.1) is 5.92 Å². The van der Waals surface area contributed by atoms with E-state index in [2.05, 4.69) is 0 Å². The van der Waals surface area contributed by atoms with Crippen molar-refractivity contribution in [2.75, 3.05) is 33.8 Å². The standard InChI is InChI=1S/C14H20N2O4/c1-15(9-12-4-3-7-20-12)13(17)10-16-6-5-11(8-16)14(18)19-2/h3-4,7,11H,5-6,8-10H2,1-2H3. The van der Waals surface area contributed by atoms with Crippen LogP contribution in [-0.4, -0.2) is 55.5 Å². The van der Waals surface area contributed by atoms with Crippen LogP contribution in [0.2, 0.25) is 0 Å². The van der Waals surface area contributed by atoms with Crippen molar-refractivity contribution in [3.05, 3.63) is 24.2 Å². The van der Waals surface area contributed by atoms with E-state index in [9.17, 15) is 9.59 Å². The molecule has 1 aromatic rings. The number of amides is 1. The highest BCUT2D eigenvalue weighted by Crippen LogP contribution is 2.17. The maximum atomic E-state index is 12.1. The molecule has 110 valence electrons. The first-order valence-corrected chi connectivity index (χ1v) is 6.66. The van der Waals surface area contributed by atoms with E-state index in [1.807, 2.05) is 11.0 Å². The lowest BCUT2D eigenvalue weighted by molar-refractivity contribution is -0.145. The molecule has 0 bridgehead atoms. The number of rotatable bonds is 5. The topological polar surface area (TPSA) is 63.0 Å². The third-order valence-electron chi connectivity index (χ3n) is 3.56. The van der Waals surface area contributed by atoms with Gasteiger partial charge in [0.15, 0.2) is 0 Å². The van der Waals surface area contributed by atoms with E-state index in [-0.39, 0.29) is 17.8 Å². The van der Waals surface area contributed by atoms with Crippen molar-refractivity contribution in [1.82, 2.24) is 9.80 Å². The van der Waals surface area contributed by atoms with Crippen molar-refractivity contribution in [2.45, 2.75) is 13.0 Å². The van der Waals surface area contributed by atoms with Crippen molar-refractivity contribution in [3.8, 4) is 0 Å². The van der Waals surface area contributed by atoms with Gasteiger partial charge in [0, 0.05) is 13.6 Å². The molecular weight excluding hydrogens is 260 g/mol. The van der Waals surface area contributed by atoms with Gasteiger partial charge in [-0.2, -0.15) is 0 Å². The average Bonchev–Trinajstić information content (AvgIpc) is 3.09. The second-order valence-electron chi connectivity index (χ2n) is 5.07. The van der Waals surface area contributed by atoms with Crippen LogP contribution in [0.4, 0.5) is 0 Å². The Balaban J connectivity index is 1.78. The van der Waals surface area contributed by atoms with Gasteiger partial charge in [-0.15, -0.1) is 0 Å². The molecule has 1 aliphatic heterocycles. The van der Waals surface area contributed by atoms with E-state index in [4.69, 9.17) is 9.15 Å². The lowest BCUT2D eigenvalue weighted by atomic mass is 10.1. The fourth-order valence-corrected chi connectivity index (χ4v) is 2.37. The zero-order valence-electron chi connectivity index (χ0n) is 11.9. The number of likely N-dealkylation sites (tertiary alicyclic amines) is 1. The molecule has 1 fully saturated rings. The maximum absolute atomic E-state index is 12.1. The van der Waals surface area contributed by atoms with Crippen LogP contribution in [0.5, 0.6) is 0 Å². The molecule has 1 unspecified atom stereocenters. The van der Waals surface area contributed by atoms with Gasteiger partial charge in [0.05, 0.1) is 32.4 Å². The van der Waals surface area contributed by atoms with Crippen molar-refractivity contribution in [3.63, 3.8) is 0 Å². The molecule has 0 radical (unpaired) electrons. The van der Waals surface area contributed by atoms with Crippen LogP contribution < -0.4 is 0 Å². The molecule has 6 nitrogen and oxygen atoms in total. The fraction of sp³-hybridized carbons (Fsp3) is 0.571. The van der Waals surface area contributed by atoms with Crippen LogP contribution in [-0.2, 0) is 20.9 Å². The van der Waals surface area contributed by atoms with Gasteiger partial charge >= 0.3 is 5.97 Å². The van der Waals surface area contributed by atoms with Gasteiger partial charge in [-0.05, 0) is 25.1 Å². The zero-order chi connectivity index (χ0) is 14.5. The number of nitrogens with zero attached hydrogens (tertiary/aromatic N) is 2. The lowest BCUT2D eigenvalue weighted by Crippen LogP contribution is -2.37. The lowest BCUT2D eigenvalue weighted by Gasteiger charge is -2.20. The quantitative estimate of drug-likeness (QED) is 0.744. The van der Waals surface area contributed by atoms with E-state index in [0.29, 0.717) is 19.6 Å². The molecule has 1 saturated heterocycles. The maximum Gasteiger partial charge on any atom is 0.310 e. The number of carbonyl (C=O) groups excluding carboxylic acids is 2. The molecule has 20 heavy (non-hydrogen) atoms. The first kappa shape index (κ1) is 14.6. The Morgan fingerprint density at radius 2 is 2.35 bits per heavy atom. The number of methoxy groups -OCH3 is 1. The highest BCUT2D eigenvalue weighted by Gasteiger charge is 2.30.